The van der Waals surface area contributed by atoms with Gasteiger partial charge in [-0.05, 0) is 34.7 Å². The molecule has 0 spiro atoms. The lowest BCUT2D eigenvalue weighted by molar-refractivity contribution is -0.149. The minimum Gasteiger partial charge on any atom is -0.493 e. The second-order valence-corrected chi connectivity index (χ2v) is 8.51. The lowest BCUT2D eigenvalue weighted by Gasteiger charge is -2.50. The van der Waals surface area contributed by atoms with Crippen LogP contribution in [0.15, 0.2) is 71.4 Å². The normalized spacial score (nSPS) is 17.7. The van der Waals surface area contributed by atoms with E-state index in [-0.39, 0.29) is 17.9 Å². The molecule has 2 unspecified atom stereocenters. The smallest absolute Gasteiger partial charge is 0.249 e. The number of likely N-dealkylation sites (tertiary alicyclic amines) is 1. The Morgan fingerprint density at radius 2 is 1.85 bits per heavy atom. The van der Waals surface area contributed by atoms with Gasteiger partial charge < -0.3 is 14.4 Å². The Hall–Kier alpha value is -3.58. The number of hydrogen-bond donors (Lipinski definition) is 0. The van der Waals surface area contributed by atoms with Crippen molar-refractivity contribution in [3.8, 4) is 11.5 Å². The third-order valence-electron chi connectivity index (χ3n) is 5.71. The molecular formula is C26H26N2O4S. The molecule has 2 heterocycles. The van der Waals surface area contributed by atoms with Gasteiger partial charge in [0.05, 0.1) is 25.9 Å². The van der Waals surface area contributed by atoms with Crippen LogP contribution >= 0.6 is 11.3 Å². The van der Waals surface area contributed by atoms with Gasteiger partial charge in [-0.1, -0.05) is 48.6 Å². The standard InChI is InChI=1S/C26H26N2O4S/c1-18(29)28(21-13-14-33-17-21)25-22(11-9-19-7-5-4-6-8-19)27(26(25)30)16-20-10-12-23(31-2)24(15-20)32-3/h4-15,17,22,25H,16H2,1-3H3. The molecule has 2 aromatic carbocycles. The van der Waals surface area contributed by atoms with Crippen LogP contribution in [0.2, 0.25) is 0 Å². The predicted octanol–water partition coefficient (Wildman–Crippen LogP) is 4.61. The molecule has 4 rings (SSSR count). The maximum absolute atomic E-state index is 13.4. The highest BCUT2D eigenvalue weighted by atomic mass is 32.1. The monoisotopic (exact) mass is 462 g/mol. The first-order valence-corrected chi connectivity index (χ1v) is 11.5. The molecule has 3 aromatic rings. The van der Waals surface area contributed by atoms with Crippen molar-refractivity contribution >= 4 is 34.9 Å². The van der Waals surface area contributed by atoms with Gasteiger partial charge >= 0.3 is 0 Å². The number of thiophene rings is 1. The summed E-state index contributed by atoms with van der Waals surface area (Å²) in [7, 11) is 3.18. The SMILES string of the molecule is COc1ccc(CN2C(=O)C(N(C(C)=O)c3ccsc3)C2C=Cc2ccccc2)cc1OC. The van der Waals surface area contributed by atoms with E-state index in [4.69, 9.17) is 9.47 Å². The number of anilines is 1. The molecule has 1 aromatic heterocycles. The summed E-state index contributed by atoms with van der Waals surface area (Å²) in [5.74, 6) is 0.999. The number of carbonyl (C=O) groups excluding carboxylic acids is 2. The van der Waals surface area contributed by atoms with Crippen LogP contribution in [0.1, 0.15) is 18.1 Å². The van der Waals surface area contributed by atoms with Crippen LogP contribution in [0.25, 0.3) is 6.08 Å². The average Bonchev–Trinajstić information content (AvgIpc) is 3.37. The summed E-state index contributed by atoms with van der Waals surface area (Å²) in [5.41, 5.74) is 2.70. The fraction of sp³-hybridized carbons (Fsp3) is 0.231. The van der Waals surface area contributed by atoms with Gasteiger partial charge in [-0.25, -0.2) is 0 Å². The molecule has 6 nitrogen and oxygen atoms in total. The van der Waals surface area contributed by atoms with Crippen molar-refractivity contribution in [2.45, 2.75) is 25.6 Å². The van der Waals surface area contributed by atoms with Crippen molar-refractivity contribution in [1.29, 1.82) is 0 Å². The van der Waals surface area contributed by atoms with E-state index in [1.54, 1.807) is 24.0 Å². The number of methoxy groups -OCH3 is 2. The van der Waals surface area contributed by atoms with E-state index >= 15 is 0 Å². The van der Waals surface area contributed by atoms with Crippen molar-refractivity contribution in [2.75, 3.05) is 19.1 Å². The first kappa shape index (κ1) is 22.6. The number of β-lactam (4-membered cyclic amide) rings is 1. The molecule has 0 saturated carbocycles. The minimum absolute atomic E-state index is 0.0890. The summed E-state index contributed by atoms with van der Waals surface area (Å²) in [5, 5.41) is 3.80. The molecule has 1 saturated heterocycles. The Kier molecular flexibility index (Phi) is 6.79. The van der Waals surface area contributed by atoms with Gasteiger partial charge in [0.25, 0.3) is 0 Å². The lowest BCUT2D eigenvalue weighted by atomic mass is 9.90. The van der Waals surface area contributed by atoms with Crippen LogP contribution in [-0.4, -0.2) is 43.0 Å². The Morgan fingerprint density at radius 3 is 2.48 bits per heavy atom. The van der Waals surface area contributed by atoms with Crippen molar-refractivity contribution in [2.24, 2.45) is 0 Å². The minimum atomic E-state index is -0.586. The van der Waals surface area contributed by atoms with Gasteiger partial charge in [-0.15, -0.1) is 0 Å². The quantitative estimate of drug-likeness (QED) is 0.459. The maximum atomic E-state index is 13.4. The molecule has 0 aliphatic carbocycles. The van der Waals surface area contributed by atoms with Crippen LogP contribution in [0, 0.1) is 0 Å². The molecule has 0 radical (unpaired) electrons. The van der Waals surface area contributed by atoms with Crippen LogP contribution in [-0.2, 0) is 16.1 Å². The van der Waals surface area contributed by atoms with E-state index in [0.29, 0.717) is 18.0 Å². The second-order valence-electron chi connectivity index (χ2n) is 7.73. The van der Waals surface area contributed by atoms with Crippen molar-refractivity contribution < 1.29 is 19.1 Å². The zero-order valence-electron chi connectivity index (χ0n) is 18.8. The number of hydrogen-bond acceptors (Lipinski definition) is 5. The number of ether oxygens (including phenoxy) is 2. The number of rotatable bonds is 8. The zero-order valence-corrected chi connectivity index (χ0v) is 19.6. The molecule has 2 atom stereocenters. The summed E-state index contributed by atoms with van der Waals surface area (Å²) in [4.78, 5) is 29.3. The summed E-state index contributed by atoms with van der Waals surface area (Å²) in [6.45, 7) is 1.90. The van der Waals surface area contributed by atoms with Gasteiger partial charge in [0.15, 0.2) is 11.5 Å². The highest BCUT2D eigenvalue weighted by Gasteiger charge is 2.50. The van der Waals surface area contributed by atoms with Crippen LogP contribution in [0.3, 0.4) is 0 Å². The van der Waals surface area contributed by atoms with Crippen molar-refractivity contribution in [1.82, 2.24) is 4.90 Å². The van der Waals surface area contributed by atoms with Gasteiger partial charge in [0, 0.05) is 18.8 Å². The summed E-state index contributed by atoms with van der Waals surface area (Å²) >= 11 is 1.50. The fourth-order valence-electron chi connectivity index (χ4n) is 4.09. The highest BCUT2D eigenvalue weighted by molar-refractivity contribution is 7.08. The molecule has 1 aliphatic rings. The van der Waals surface area contributed by atoms with E-state index in [1.807, 2.05) is 77.5 Å². The van der Waals surface area contributed by atoms with Crippen molar-refractivity contribution in [3.05, 3.63) is 82.6 Å². The van der Waals surface area contributed by atoms with Crippen LogP contribution < -0.4 is 14.4 Å². The van der Waals surface area contributed by atoms with E-state index in [0.717, 1.165) is 16.8 Å². The topological polar surface area (TPSA) is 59.1 Å². The van der Waals surface area contributed by atoms with Gasteiger partial charge in [0.1, 0.15) is 6.04 Å². The summed E-state index contributed by atoms with van der Waals surface area (Å²) in [6, 6.07) is 16.6. The average molecular weight is 463 g/mol. The molecule has 2 amide bonds. The third kappa shape index (κ3) is 4.64. The highest BCUT2D eigenvalue weighted by Crippen LogP contribution is 2.35. The first-order valence-electron chi connectivity index (χ1n) is 10.6. The van der Waals surface area contributed by atoms with E-state index in [2.05, 4.69) is 0 Å². The van der Waals surface area contributed by atoms with Crippen LogP contribution in [0.5, 0.6) is 11.5 Å². The summed E-state index contributed by atoms with van der Waals surface area (Å²) < 4.78 is 10.7. The molecule has 1 fully saturated rings. The van der Waals surface area contributed by atoms with Gasteiger partial charge in [0.2, 0.25) is 11.8 Å². The van der Waals surface area contributed by atoms with Crippen molar-refractivity contribution in [3.63, 3.8) is 0 Å². The van der Waals surface area contributed by atoms with Gasteiger partial charge in [-0.2, -0.15) is 11.3 Å². The molecule has 0 bridgehead atoms. The first-order chi connectivity index (χ1) is 16.0. The van der Waals surface area contributed by atoms with E-state index in [9.17, 15) is 9.59 Å². The Bertz CT molecular complexity index is 1140. The molecule has 33 heavy (non-hydrogen) atoms. The second kappa shape index (κ2) is 9.92. The predicted molar refractivity (Wildman–Crippen MR) is 131 cm³/mol. The fourth-order valence-corrected chi connectivity index (χ4v) is 4.72. The maximum Gasteiger partial charge on any atom is 0.249 e. The lowest BCUT2D eigenvalue weighted by Crippen LogP contribution is -2.70. The molecular weight excluding hydrogens is 436 g/mol. The Balaban J connectivity index is 1.65. The Labute approximate surface area is 197 Å². The van der Waals surface area contributed by atoms with E-state index in [1.165, 1.54) is 18.3 Å². The molecule has 1 aliphatic heterocycles. The largest absolute Gasteiger partial charge is 0.493 e. The number of carbonyl (C=O) groups is 2. The number of nitrogens with zero attached hydrogens (tertiary/aromatic N) is 2. The zero-order chi connectivity index (χ0) is 23.4. The Morgan fingerprint density at radius 1 is 1.09 bits per heavy atom. The number of amides is 2. The molecule has 170 valence electrons. The summed E-state index contributed by atoms with van der Waals surface area (Å²) in [6.07, 6.45) is 4.00. The van der Waals surface area contributed by atoms with E-state index < -0.39 is 6.04 Å². The van der Waals surface area contributed by atoms with Crippen LogP contribution in [0.4, 0.5) is 5.69 Å². The third-order valence-corrected chi connectivity index (χ3v) is 6.38. The molecule has 7 heteroatoms. The number of benzene rings is 2. The van der Waals surface area contributed by atoms with Gasteiger partial charge in [-0.3, -0.25) is 14.5 Å². The molecule has 0 N–H and O–H groups in total.